The largest absolute Gasteiger partial charge is 0.376 e. The topological polar surface area (TPSA) is 18.5 Å². The fraction of sp³-hybridized carbons (Fsp3) is 1.00. The lowest BCUT2D eigenvalue weighted by Gasteiger charge is -2.35. The van der Waals surface area contributed by atoms with Gasteiger partial charge in [0, 0.05) is 5.25 Å². The van der Waals surface area contributed by atoms with E-state index in [9.17, 15) is 0 Å². The molecule has 2 fully saturated rings. The van der Waals surface area contributed by atoms with Gasteiger partial charge in [0.25, 0.3) is 0 Å². The third-order valence-electron chi connectivity index (χ3n) is 1.99. The highest BCUT2D eigenvalue weighted by Crippen LogP contribution is 2.32. The van der Waals surface area contributed by atoms with E-state index < -0.39 is 0 Å². The molecule has 0 radical (unpaired) electrons. The summed E-state index contributed by atoms with van der Waals surface area (Å²) in [6.45, 7) is 2.40. The third-order valence-corrected chi connectivity index (χ3v) is 3.43. The van der Waals surface area contributed by atoms with Crippen molar-refractivity contribution in [2.75, 3.05) is 25.6 Å². The van der Waals surface area contributed by atoms with Crippen molar-refractivity contribution in [3.63, 3.8) is 0 Å². The number of ether oxygens (including phenoxy) is 2. The van der Waals surface area contributed by atoms with Crippen LogP contribution in [0.3, 0.4) is 0 Å². The summed E-state index contributed by atoms with van der Waals surface area (Å²) in [5.41, 5.74) is 0. The van der Waals surface area contributed by atoms with Crippen LogP contribution in [0.2, 0.25) is 0 Å². The van der Waals surface area contributed by atoms with Crippen LogP contribution in [-0.2, 0) is 9.47 Å². The van der Waals surface area contributed by atoms with Gasteiger partial charge in [-0.3, -0.25) is 0 Å². The molecule has 10 heavy (non-hydrogen) atoms. The van der Waals surface area contributed by atoms with Gasteiger partial charge in [-0.25, -0.2) is 0 Å². The molecular weight excluding hydrogens is 148 g/mol. The highest BCUT2D eigenvalue weighted by molar-refractivity contribution is 8.01. The first-order chi connectivity index (χ1) is 4.97. The summed E-state index contributed by atoms with van der Waals surface area (Å²) in [5, 5.41) is 0.736. The second kappa shape index (κ2) is 3.11. The van der Waals surface area contributed by atoms with Gasteiger partial charge in [-0.1, -0.05) is 0 Å². The van der Waals surface area contributed by atoms with Crippen LogP contribution in [0, 0.1) is 0 Å². The second-order valence-electron chi connectivity index (χ2n) is 2.68. The molecule has 0 aromatic rings. The Morgan fingerprint density at radius 1 is 1.30 bits per heavy atom. The van der Waals surface area contributed by atoms with E-state index >= 15 is 0 Å². The first kappa shape index (κ1) is 6.95. The molecule has 2 rings (SSSR count). The molecule has 0 aromatic carbocycles. The smallest absolute Gasteiger partial charge is 0.0928 e. The van der Waals surface area contributed by atoms with Gasteiger partial charge in [-0.15, -0.1) is 0 Å². The van der Waals surface area contributed by atoms with Crippen LogP contribution >= 0.6 is 11.8 Å². The maximum absolute atomic E-state index is 5.54. The van der Waals surface area contributed by atoms with Gasteiger partial charge in [0.05, 0.1) is 25.9 Å². The lowest BCUT2D eigenvalue weighted by atomic mass is 10.2. The molecule has 2 aliphatic rings. The molecule has 2 nitrogen and oxygen atoms in total. The van der Waals surface area contributed by atoms with Gasteiger partial charge < -0.3 is 9.47 Å². The molecule has 2 atom stereocenters. The summed E-state index contributed by atoms with van der Waals surface area (Å²) in [5.74, 6) is 1.31. The van der Waals surface area contributed by atoms with E-state index in [-0.39, 0.29) is 0 Å². The lowest BCUT2D eigenvalue weighted by Crippen LogP contribution is -2.40. The standard InChI is InChI=1S/C7H12O2S/c1-4-10-7(1)6-5-8-2-3-9-6/h6-7H,1-5H2. The minimum Gasteiger partial charge on any atom is -0.376 e. The molecular formula is C7H12O2S. The maximum atomic E-state index is 5.54. The van der Waals surface area contributed by atoms with Gasteiger partial charge in [0.2, 0.25) is 0 Å². The average molecular weight is 160 g/mol. The molecule has 0 N–H and O–H groups in total. The zero-order valence-electron chi connectivity index (χ0n) is 5.91. The number of hydrogen-bond acceptors (Lipinski definition) is 3. The van der Waals surface area contributed by atoms with Crippen molar-refractivity contribution in [1.29, 1.82) is 0 Å². The average Bonchev–Trinajstić information content (AvgIpc) is 1.86. The van der Waals surface area contributed by atoms with E-state index in [1.807, 2.05) is 11.8 Å². The molecule has 2 aliphatic heterocycles. The maximum Gasteiger partial charge on any atom is 0.0928 e. The molecule has 0 spiro atoms. The van der Waals surface area contributed by atoms with Crippen molar-refractivity contribution >= 4 is 11.8 Å². The predicted octanol–water partition coefficient (Wildman–Crippen LogP) is 0.907. The first-order valence-corrected chi connectivity index (χ1v) is 4.82. The SMILES string of the molecule is C1COC(C2CCS2)CO1. The van der Waals surface area contributed by atoms with Crippen molar-refractivity contribution in [2.45, 2.75) is 17.8 Å². The van der Waals surface area contributed by atoms with Crippen molar-refractivity contribution < 1.29 is 9.47 Å². The van der Waals surface area contributed by atoms with Crippen LogP contribution in [0.15, 0.2) is 0 Å². The third kappa shape index (κ3) is 1.31. The summed E-state index contributed by atoms with van der Waals surface area (Å²) in [6.07, 6.45) is 1.71. The van der Waals surface area contributed by atoms with Gasteiger partial charge in [0.1, 0.15) is 0 Å². The Hall–Kier alpha value is 0.270. The monoisotopic (exact) mass is 160 g/mol. The van der Waals surface area contributed by atoms with Crippen molar-refractivity contribution in [3.8, 4) is 0 Å². The molecule has 0 saturated carbocycles. The molecule has 58 valence electrons. The summed E-state index contributed by atoms with van der Waals surface area (Å²) < 4.78 is 10.8. The molecule has 0 bridgehead atoms. The van der Waals surface area contributed by atoms with Gasteiger partial charge >= 0.3 is 0 Å². The summed E-state index contributed by atoms with van der Waals surface area (Å²) in [4.78, 5) is 0. The van der Waals surface area contributed by atoms with Crippen LogP contribution in [0.25, 0.3) is 0 Å². The Labute approximate surface area is 65.3 Å². The van der Waals surface area contributed by atoms with E-state index in [4.69, 9.17) is 9.47 Å². The van der Waals surface area contributed by atoms with Crippen molar-refractivity contribution in [1.82, 2.24) is 0 Å². The zero-order valence-corrected chi connectivity index (χ0v) is 6.73. The van der Waals surface area contributed by atoms with E-state index in [2.05, 4.69) is 0 Å². The molecule has 2 saturated heterocycles. The lowest BCUT2D eigenvalue weighted by molar-refractivity contribution is -0.0892. The van der Waals surface area contributed by atoms with Crippen molar-refractivity contribution in [2.24, 2.45) is 0 Å². The molecule has 0 amide bonds. The van der Waals surface area contributed by atoms with Gasteiger partial charge in [-0.2, -0.15) is 11.8 Å². The van der Waals surface area contributed by atoms with Gasteiger partial charge in [-0.05, 0) is 12.2 Å². The Bertz CT molecular complexity index is 108. The number of rotatable bonds is 1. The zero-order chi connectivity index (χ0) is 6.81. The van der Waals surface area contributed by atoms with E-state index in [0.717, 1.165) is 25.1 Å². The van der Waals surface area contributed by atoms with Gasteiger partial charge in [0.15, 0.2) is 0 Å². The Morgan fingerprint density at radius 2 is 2.20 bits per heavy atom. The van der Waals surface area contributed by atoms with Crippen LogP contribution in [0.4, 0.5) is 0 Å². The highest BCUT2D eigenvalue weighted by Gasteiger charge is 2.30. The van der Waals surface area contributed by atoms with Crippen molar-refractivity contribution in [3.05, 3.63) is 0 Å². The van der Waals surface area contributed by atoms with E-state index in [1.165, 1.54) is 12.2 Å². The van der Waals surface area contributed by atoms with E-state index in [1.54, 1.807) is 0 Å². The van der Waals surface area contributed by atoms with Crippen LogP contribution in [0.5, 0.6) is 0 Å². The molecule has 2 unspecified atom stereocenters. The highest BCUT2D eigenvalue weighted by atomic mass is 32.2. The fourth-order valence-corrected chi connectivity index (χ4v) is 2.15. The summed E-state index contributed by atoms with van der Waals surface area (Å²) >= 11 is 2.01. The summed E-state index contributed by atoms with van der Waals surface area (Å²) in [6, 6.07) is 0. The van der Waals surface area contributed by atoms with E-state index in [0.29, 0.717) is 6.10 Å². The summed E-state index contributed by atoms with van der Waals surface area (Å²) in [7, 11) is 0. The normalized spacial score (nSPS) is 40.8. The molecule has 3 heteroatoms. The number of thioether (sulfide) groups is 1. The Morgan fingerprint density at radius 3 is 2.70 bits per heavy atom. The predicted molar refractivity (Wildman–Crippen MR) is 41.4 cm³/mol. The molecule has 2 heterocycles. The Balaban J connectivity index is 1.78. The van der Waals surface area contributed by atoms with Crippen LogP contribution in [-0.4, -0.2) is 36.9 Å². The fourth-order valence-electron chi connectivity index (χ4n) is 1.27. The quantitative estimate of drug-likeness (QED) is 0.568. The minimum absolute atomic E-state index is 0.396. The van der Waals surface area contributed by atoms with Crippen LogP contribution < -0.4 is 0 Å². The minimum atomic E-state index is 0.396. The van der Waals surface area contributed by atoms with Crippen LogP contribution in [0.1, 0.15) is 6.42 Å². The second-order valence-corrected chi connectivity index (χ2v) is 4.03. The first-order valence-electron chi connectivity index (χ1n) is 3.78. The number of hydrogen-bond donors (Lipinski definition) is 0. The molecule has 0 aromatic heterocycles. The Kier molecular flexibility index (Phi) is 2.16. The molecule has 0 aliphatic carbocycles.